The van der Waals surface area contributed by atoms with Crippen molar-refractivity contribution in [2.45, 2.75) is 26.7 Å². The van der Waals surface area contributed by atoms with Crippen LogP contribution in [-0.4, -0.2) is 18.0 Å². The minimum atomic E-state index is -0.110. The number of ketones is 1. The lowest BCUT2D eigenvalue weighted by atomic mass is 9.98. The molecular formula is C20H23NO3. The van der Waals surface area contributed by atoms with Gasteiger partial charge in [-0.3, -0.25) is 4.79 Å². The summed E-state index contributed by atoms with van der Waals surface area (Å²) < 4.78 is 5.46. The molecular weight excluding hydrogens is 302 g/mol. The summed E-state index contributed by atoms with van der Waals surface area (Å²) in [6.45, 7) is 3.94. The summed E-state index contributed by atoms with van der Waals surface area (Å²) in [5, 5.41) is 10.3. The molecule has 0 radical (unpaired) electrons. The number of phenolic OH excluding ortho intramolecular Hbond substituents is 1. The number of aryl methyl sites for hydroxylation is 1. The molecule has 0 bridgehead atoms. The van der Waals surface area contributed by atoms with Gasteiger partial charge in [-0.15, -0.1) is 0 Å². The second kappa shape index (κ2) is 7.68. The van der Waals surface area contributed by atoms with E-state index in [1.54, 1.807) is 37.5 Å². The van der Waals surface area contributed by atoms with Gasteiger partial charge in [-0.1, -0.05) is 13.8 Å². The van der Waals surface area contributed by atoms with E-state index in [1.807, 2.05) is 19.9 Å². The van der Waals surface area contributed by atoms with Crippen LogP contribution in [0.1, 0.15) is 40.9 Å². The highest BCUT2D eigenvalue weighted by Gasteiger charge is 2.15. The molecule has 0 spiro atoms. The molecule has 0 heterocycles. The molecule has 0 saturated carbocycles. The SMILES string of the molecule is CCc1cc(C=CC(=O)c2ccc(N)cc2)c(OC)c(CC)c1O. The molecule has 2 aromatic rings. The van der Waals surface area contributed by atoms with Crippen molar-refractivity contribution in [3.05, 3.63) is 58.7 Å². The van der Waals surface area contributed by atoms with Crippen LogP contribution in [0.4, 0.5) is 5.69 Å². The maximum Gasteiger partial charge on any atom is 0.185 e. The van der Waals surface area contributed by atoms with Crippen molar-refractivity contribution >= 4 is 17.5 Å². The zero-order valence-electron chi connectivity index (χ0n) is 14.3. The first-order valence-electron chi connectivity index (χ1n) is 8.01. The van der Waals surface area contributed by atoms with E-state index < -0.39 is 0 Å². The monoisotopic (exact) mass is 325 g/mol. The summed E-state index contributed by atoms with van der Waals surface area (Å²) in [4.78, 5) is 12.3. The molecule has 2 rings (SSSR count). The Morgan fingerprint density at radius 1 is 1.21 bits per heavy atom. The van der Waals surface area contributed by atoms with Crippen LogP contribution >= 0.6 is 0 Å². The lowest BCUT2D eigenvalue weighted by Crippen LogP contribution is -1.99. The molecule has 0 atom stereocenters. The van der Waals surface area contributed by atoms with Crippen LogP contribution in [0, 0.1) is 0 Å². The van der Waals surface area contributed by atoms with Gasteiger partial charge >= 0.3 is 0 Å². The molecule has 4 nitrogen and oxygen atoms in total. The third-order valence-electron chi connectivity index (χ3n) is 4.00. The van der Waals surface area contributed by atoms with Crippen LogP contribution in [-0.2, 0) is 12.8 Å². The van der Waals surface area contributed by atoms with Gasteiger partial charge in [0, 0.05) is 22.4 Å². The number of benzene rings is 2. The van der Waals surface area contributed by atoms with Crippen molar-refractivity contribution in [3.63, 3.8) is 0 Å². The highest BCUT2D eigenvalue weighted by Crippen LogP contribution is 2.36. The molecule has 24 heavy (non-hydrogen) atoms. The number of carbonyl (C=O) groups excluding carboxylic acids is 1. The second-order valence-corrected chi connectivity index (χ2v) is 5.51. The normalized spacial score (nSPS) is 11.0. The Balaban J connectivity index is 2.40. The Kier molecular flexibility index (Phi) is 5.64. The third-order valence-corrected chi connectivity index (χ3v) is 4.00. The number of hydrogen-bond acceptors (Lipinski definition) is 4. The van der Waals surface area contributed by atoms with Crippen LogP contribution in [0.3, 0.4) is 0 Å². The van der Waals surface area contributed by atoms with Crippen LogP contribution in [0.25, 0.3) is 6.08 Å². The van der Waals surface area contributed by atoms with E-state index in [0.717, 1.165) is 16.7 Å². The van der Waals surface area contributed by atoms with Gasteiger partial charge in [0.2, 0.25) is 0 Å². The van der Waals surface area contributed by atoms with E-state index in [9.17, 15) is 9.90 Å². The zero-order valence-corrected chi connectivity index (χ0v) is 14.3. The smallest absolute Gasteiger partial charge is 0.185 e. The lowest BCUT2D eigenvalue weighted by molar-refractivity contribution is 0.104. The third kappa shape index (κ3) is 3.59. The van der Waals surface area contributed by atoms with Gasteiger partial charge in [0.1, 0.15) is 11.5 Å². The molecule has 0 amide bonds. The predicted octanol–water partition coefficient (Wildman–Crippen LogP) is 4.00. The fourth-order valence-electron chi connectivity index (χ4n) is 2.67. The highest BCUT2D eigenvalue weighted by molar-refractivity contribution is 6.07. The summed E-state index contributed by atoms with van der Waals surface area (Å²) >= 11 is 0. The van der Waals surface area contributed by atoms with Crippen molar-refractivity contribution in [3.8, 4) is 11.5 Å². The van der Waals surface area contributed by atoms with Gasteiger partial charge in [0.05, 0.1) is 7.11 Å². The second-order valence-electron chi connectivity index (χ2n) is 5.51. The van der Waals surface area contributed by atoms with E-state index in [4.69, 9.17) is 10.5 Å². The van der Waals surface area contributed by atoms with E-state index in [2.05, 4.69) is 0 Å². The molecule has 0 fully saturated rings. The van der Waals surface area contributed by atoms with Crippen molar-refractivity contribution in [1.82, 2.24) is 0 Å². The average Bonchev–Trinajstić information content (AvgIpc) is 2.60. The van der Waals surface area contributed by atoms with Crippen molar-refractivity contribution < 1.29 is 14.6 Å². The average molecular weight is 325 g/mol. The Hall–Kier alpha value is -2.75. The Morgan fingerprint density at radius 3 is 2.42 bits per heavy atom. The molecule has 0 aromatic heterocycles. The number of hydrogen-bond donors (Lipinski definition) is 2. The molecule has 3 N–H and O–H groups in total. The summed E-state index contributed by atoms with van der Waals surface area (Å²) in [6.07, 6.45) is 4.60. The largest absolute Gasteiger partial charge is 0.507 e. The lowest BCUT2D eigenvalue weighted by Gasteiger charge is -2.15. The standard InChI is InChI=1S/C20H23NO3/c1-4-13-12-15(20(24-3)17(5-2)19(13)23)8-11-18(22)14-6-9-16(21)10-7-14/h6-12,23H,4-5,21H2,1-3H3. The summed E-state index contributed by atoms with van der Waals surface area (Å²) in [7, 11) is 1.57. The van der Waals surface area contributed by atoms with Gasteiger partial charge in [0.25, 0.3) is 0 Å². The van der Waals surface area contributed by atoms with E-state index >= 15 is 0 Å². The first kappa shape index (κ1) is 17.6. The quantitative estimate of drug-likeness (QED) is 0.478. The minimum Gasteiger partial charge on any atom is -0.507 e. The predicted molar refractivity (Wildman–Crippen MR) is 97.6 cm³/mol. The van der Waals surface area contributed by atoms with Gasteiger partial charge in [-0.25, -0.2) is 0 Å². The van der Waals surface area contributed by atoms with Gasteiger partial charge in [-0.2, -0.15) is 0 Å². The summed E-state index contributed by atoms with van der Waals surface area (Å²) in [5.74, 6) is 0.772. The maximum absolute atomic E-state index is 12.3. The van der Waals surface area contributed by atoms with Crippen LogP contribution in [0.5, 0.6) is 11.5 Å². The number of aromatic hydroxyl groups is 1. The fourth-order valence-corrected chi connectivity index (χ4v) is 2.67. The number of carbonyl (C=O) groups is 1. The molecule has 0 unspecified atom stereocenters. The van der Waals surface area contributed by atoms with E-state index in [1.165, 1.54) is 6.08 Å². The molecule has 0 saturated heterocycles. The van der Waals surface area contributed by atoms with Gasteiger partial charge in [-0.05, 0) is 60.9 Å². The molecule has 0 aliphatic rings. The number of nitrogen functional groups attached to an aromatic ring is 1. The first-order valence-corrected chi connectivity index (χ1v) is 8.01. The van der Waals surface area contributed by atoms with Gasteiger partial charge in [0.15, 0.2) is 5.78 Å². The zero-order chi connectivity index (χ0) is 17.7. The Bertz CT molecular complexity index is 761. The van der Waals surface area contributed by atoms with Crippen molar-refractivity contribution in [1.29, 1.82) is 0 Å². The number of anilines is 1. The Labute approximate surface area is 142 Å². The van der Waals surface area contributed by atoms with Crippen LogP contribution in [0.15, 0.2) is 36.4 Å². The van der Waals surface area contributed by atoms with Gasteiger partial charge < -0.3 is 15.6 Å². The molecule has 0 aliphatic heterocycles. The van der Waals surface area contributed by atoms with Crippen molar-refractivity contribution in [2.24, 2.45) is 0 Å². The summed E-state index contributed by atoms with van der Waals surface area (Å²) in [6, 6.07) is 8.66. The first-order chi connectivity index (χ1) is 11.5. The summed E-state index contributed by atoms with van der Waals surface area (Å²) in [5.41, 5.74) is 9.22. The van der Waals surface area contributed by atoms with Crippen LogP contribution in [0.2, 0.25) is 0 Å². The van der Waals surface area contributed by atoms with E-state index in [-0.39, 0.29) is 11.5 Å². The fraction of sp³-hybridized carbons (Fsp3) is 0.250. The van der Waals surface area contributed by atoms with E-state index in [0.29, 0.717) is 29.8 Å². The number of methoxy groups -OCH3 is 1. The highest BCUT2D eigenvalue weighted by atomic mass is 16.5. The number of nitrogens with two attached hydrogens (primary N) is 1. The number of rotatable bonds is 6. The van der Waals surface area contributed by atoms with Crippen molar-refractivity contribution in [2.75, 3.05) is 12.8 Å². The van der Waals surface area contributed by atoms with Crippen LogP contribution < -0.4 is 10.5 Å². The number of ether oxygens (including phenoxy) is 1. The molecule has 0 aliphatic carbocycles. The number of phenols is 1. The maximum atomic E-state index is 12.3. The number of allylic oxidation sites excluding steroid dienone is 1. The molecule has 4 heteroatoms. The Morgan fingerprint density at radius 2 is 1.88 bits per heavy atom. The topological polar surface area (TPSA) is 72.6 Å². The minimum absolute atomic E-state index is 0.110. The molecule has 126 valence electrons. The molecule has 2 aromatic carbocycles.